The fraction of sp³-hybridized carbons (Fsp3) is 0.235. The summed E-state index contributed by atoms with van der Waals surface area (Å²) < 4.78 is 13.5. The monoisotopic (exact) mass is 544 g/mol. The van der Waals surface area contributed by atoms with Crippen molar-refractivity contribution >= 4 is 28.2 Å². The van der Waals surface area contributed by atoms with Gasteiger partial charge in [0.25, 0.3) is 0 Å². The van der Waals surface area contributed by atoms with Crippen molar-refractivity contribution in [3.8, 4) is 0 Å². The number of hydrogen-bond donors (Lipinski definition) is 3. The Kier molecular flexibility index (Phi) is 7.05. The Morgan fingerprint density at radius 2 is 1.80 bits per heavy atom. The predicted molar refractivity (Wildman–Crippen MR) is 163 cm³/mol. The van der Waals surface area contributed by atoms with Crippen LogP contribution in [0.25, 0.3) is 21.9 Å². The van der Waals surface area contributed by atoms with Gasteiger partial charge in [-0.1, -0.05) is 48.6 Å². The van der Waals surface area contributed by atoms with Crippen LogP contribution in [0, 0.1) is 5.82 Å². The minimum absolute atomic E-state index is 0.223. The van der Waals surface area contributed by atoms with E-state index < -0.39 is 0 Å². The number of hydrogen-bond acceptors (Lipinski definition) is 4. The van der Waals surface area contributed by atoms with Crippen LogP contribution in [0.3, 0.4) is 0 Å². The number of imidazole rings is 1. The Hall–Kier alpha value is -4.33. The molecule has 2 atom stereocenters. The van der Waals surface area contributed by atoms with E-state index in [-0.39, 0.29) is 5.82 Å². The summed E-state index contributed by atoms with van der Waals surface area (Å²) >= 11 is 0. The molecule has 0 fully saturated rings. The molecule has 2 aromatic heterocycles. The highest BCUT2D eigenvalue weighted by molar-refractivity contribution is 5.83. The predicted octanol–water partition coefficient (Wildman–Crippen LogP) is 6.57. The molecular formula is C34H33FN6. The Bertz CT molecular complexity index is 1730. The van der Waals surface area contributed by atoms with Gasteiger partial charge in [-0.3, -0.25) is 9.89 Å². The van der Waals surface area contributed by atoms with Crippen molar-refractivity contribution in [2.24, 2.45) is 4.99 Å². The molecule has 0 spiro atoms. The van der Waals surface area contributed by atoms with Crippen LogP contribution in [-0.2, 0) is 26.2 Å². The Labute approximate surface area is 238 Å². The van der Waals surface area contributed by atoms with Crippen molar-refractivity contribution in [2.45, 2.75) is 51.1 Å². The summed E-state index contributed by atoms with van der Waals surface area (Å²) in [5.41, 5.74) is 7.88. The van der Waals surface area contributed by atoms with Gasteiger partial charge in [-0.25, -0.2) is 9.37 Å². The standard InChI is InChI=1S/C34H33FN6/c35-27-11-13-29-26(20-38-33(29)17-27)19-36-18-23-7-9-24(10-8-23)21-41(22-34-39-31-5-1-2-6-32(31)40-34)28-12-14-30-25(16-28)4-3-15-37-30/h1-11,13,15-17,20,28,30,36,38H,12,14,18-19,21-22H2,(H,39,40). The molecule has 2 aliphatic rings. The van der Waals surface area contributed by atoms with E-state index in [1.54, 1.807) is 0 Å². The Balaban J connectivity index is 1.04. The third-order valence-corrected chi connectivity index (χ3v) is 8.19. The van der Waals surface area contributed by atoms with Crippen molar-refractivity contribution in [3.05, 3.63) is 125 Å². The van der Waals surface area contributed by atoms with Gasteiger partial charge in [0.1, 0.15) is 11.6 Å². The van der Waals surface area contributed by atoms with Crippen LogP contribution >= 0.6 is 0 Å². The van der Waals surface area contributed by atoms with E-state index in [2.05, 4.69) is 73.7 Å². The van der Waals surface area contributed by atoms with Crippen molar-refractivity contribution < 1.29 is 4.39 Å². The molecule has 2 unspecified atom stereocenters. The molecule has 7 rings (SSSR count). The summed E-state index contributed by atoms with van der Waals surface area (Å²) in [6, 6.07) is 22.6. The maximum atomic E-state index is 13.5. The van der Waals surface area contributed by atoms with Gasteiger partial charge in [-0.15, -0.1) is 0 Å². The fourth-order valence-electron chi connectivity index (χ4n) is 6.04. The lowest BCUT2D eigenvalue weighted by atomic mass is 9.89. The molecule has 41 heavy (non-hydrogen) atoms. The number of nitrogens with one attached hydrogen (secondary N) is 3. The number of benzene rings is 3. The summed E-state index contributed by atoms with van der Waals surface area (Å²) in [6.45, 7) is 3.07. The van der Waals surface area contributed by atoms with Crippen molar-refractivity contribution in [2.75, 3.05) is 0 Å². The highest BCUT2D eigenvalue weighted by atomic mass is 19.1. The molecule has 3 aromatic carbocycles. The van der Waals surface area contributed by atoms with Crippen LogP contribution in [0.1, 0.15) is 35.4 Å². The molecule has 3 N–H and O–H groups in total. The number of allylic oxidation sites excluding steroid dienone is 1. The first kappa shape index (κ1) is 25.6. The Morgan fingerprint density at radius 1 is 0.927 bits per heavy atom. The second kappa shape index (κ2) is 11.3. The first-order valence-corrected chi connectivity index (χ1v) is 14.3. The smallest absolute Gasteiger partial charge is 0.125 e. The molecule has 0 amide bonds. The zero-order chi connectivity index (χ0) is 27.6. The number of rotatable bonds is 9. The van der Waals surface area contributed by atoms with E-state index >= 15 is 0 Å². The molecule has 3 heterocycles. The number of nitrogens with zero attached hydrogens (tertiary/aromatic N) is 3. The van der Waals surface area contributed by atoms with Crippen molar-refractivity contribution in [1.82, 2.24) is 25.2 Å². The number of aliphatic imine (C=N–C) groups is 1. The lowest BCUT2D eigenvalue weighted by molar-refractivity contribution is 0.188. The highest BCUT2D eigenvalue weighted by Crippen LogP contribution is 2.29. The zero-order valence-electron chi connectivity index (χ0n) is 22.9. The summed E-state index contributed by atoms with van der Waals surface area (Å²) in [6.07, 6.45) is 12.7. The third-order valence-electron chi connectivity index (χ3n) is 8.19. The van der Waals surface area contributed by atoms with E-state index in [1.165, 1.54) is 28.8 Å². The van der Waals surface area contributed by atoms with E-state index in [4.69, 9.17) is 4.98 Å². The minimum Gasteiger partial charge on any atom is -0.361 e. The first-order valence-electron chi connectivity index (χ1n) is 14.3. The molecule has 0 saturated carbocycles. The van der Waals surface area contributed by atoms with Crippen molar-refractivity contribution in [3.63, 3.8) is 0 Å². The quantitative estimate of drug-likeness (QED) is 0.196. The van der Waals surface area contributed by atoms with E-state index in [1.807, 2.05) is 36.7 Å². The maximum absolute atomic E-state index is 13.5. The molecule has 7 heteroatoms. The van der Waals surface area contributed by atoms with Crippen molar-refractivity contribution in [1.29, 1.82) is 0 Å². The molecular weight excluding hydrogens is 511 g/mol. The average molecular weight is 545 g/mol. The van der Waals surface area contributed by atoms with Crippen LogP contribution < -0.4 is 5.32 Å². The van der Waals surface area contributed by atoms with Crippen LogP contribution in [-0.4, -0.2) is 38.2 Å². The summed E-state index contributed by atoms with van der Waals surface area (Å²) in [5, 5.41) is 4.59. The van der Waals surface area contributed by atoms with E-state index in [9.17, 15) is 4.39 Å². The van der Waals surface area contributed by atoms with Gasteiger partial charge in [0.2, 0.25) is 0 Å². The van der Waals surface area contributed by atoms with Gasteiger partial charge in [-0.2, -0.15) is 0 Å². The van der Waals surface area contributed by atoms with Gasteiger partial charge < -0.3 is 15.3 Å². The average Bonchev–Trinajstić information content (AvgIpc) is 3.60. The maximum Gasteiger partial charge on any atom is 0.125 e. The molecule has 0 bridgehead atoms. The molecule has 1 aliphatic heterocycles. The van der Waals surface area contributed by atoms with Gasteiger partial charge in [0.15, 0.2) is 0 Å². The van der Waals surface area contributed by atoms with E-state index in [0.29, 0.717) is 18.6 Å². The lowest BCUT2D eigenvalue weighted by Crippen LogP contribution is -2.37. The lowest BCUT2D eigenvalue weighted by Gasteiger charge is -2.34. The summed E-state index contributed by atoms with van der Waals surface area (Å²) in [7, 11) is 0. The van der Waals surface area contributed by atoms with Crippen LogP contribution in [0.2, 0.25) is 0 Å². The van der Waals surface area contributed by atoms with Gasteiger partial charge in [0.05, 0.1) is 23.6 Å². The number of halogens is 1. The number of aromatic amines is 2. The largest absolute Gasteiger partial charge is 0.361 e. The SMILES string of the molecule is Fc1ccc2c(CNCc3ccc(CN(Cc4nc5ccccc5[nH]4)C4C=C5C=CC=NC5CC4)cc3)c[nH]c2c1. The summed E-state index contributed by atoms with van der Waals surface area (Å²) in [5.74, 6) is 0.768. The van der Waals surface area contributed by atoms with Gasteiger partial charge >= 0.3 is 0 Å². The highest BCUT2D eigenvalue weighted by Gasteiger charge is 2.27. The molecule has 6 nitrogen and oxygen atoms in total. The normalized spacial score (nSPS) is 18.3. The number of H-pyrrole nitrogens is 2. The van der Waals surface area contributed by atoms with Crippen LogP contribution in [0.5, 0.6) is 0 Å². The molecule has 5 aromatic rings. The van der Waals surface area contributed by atoms with Gasteiger partial charge in [-0.05, 0) is 71.5 Å². The van der Waals surface area contributed by atoms with Crippen LogP contribution in [0.15, 0.2) is 102 Å². The molecule has 1 aliphatic carbocycles. The Morgan fingerprint density at radius 3 is 2.71 bits per heavy atom. The van der Waals surface area contributed by atoms with Crippen LogP contribution in [0.4, 0.5) is 4.39 Å². The number of fused-ring (bicyclic) bond motifs is 3. The van der Waals surface area contributed by atoms with E-state index in [0.717, 1.165) is 65.8 Å². The number of aromatic nitrogens is 3. The number of para-hydroxylation sites is 2. The topological polar surface area (TPSA) is 72.1 Å². The third kappa shape index (κ3) is 5.64. The second-order valence-electron chi connectivity index (χ2n) is 11.0. The molecule has 206 valence electrons. The molecule has 0 radical (unpaired) electrons. The fourth-order valence-corrected chi connectivity index (χ4v) is 6.04. The summed E-state index contributed by atoms with van der Waals surface area (Å²) in [4.78, 5) is 18.8. The molecule has 0 saturated heterocycles. The number of dihydropyridines is 1. The zero-order valence-corrected chi connectivity index (χ0v) is 22.9. The van der Waals surface area contributed by atoms with Gasteiger partial charge in [0, 0.05) is 49.0 Å². The first-order chi connectivity index (χ1) is 20.2. The second-order valence-corrected chi connectivity index (χ2v) is 11.0. The minimum atomic E-state index is -0.223.